The zero-order chi connectivity index (χ0) is 17.6. The summed E-state index contributed by atoms with van der Waals surface area (Å²) < 4.78 is 0. The molecule has 0 atom stereocenters. The number of nitrogens with one attached hydrogen (secondary N) is 1. The summed E-state index contributed by atoms with van der Waals surface area (Å²) in [5.41, 5.74) is 2.36. The quantitative estimate of drug-likeness (QED) is 0.790. The van der Waals surface area contributed by atoms with Crippen LogP contribution in [-0.4, -0.2) is 27.5 Å². The molecule has 0 bridgehead atoms. The van der Waals surface area contributed by atoms with Gasteiger partial charge in [-0.1, -0.05) is 61.9 Å². The molecule has 4 nitrogen and oxygen atoms in total. The monoisotopic (exact) mass is 359 g/mol. The van der Waals surface area contributed by atoms with E-state index in [1.165, 1.54) is 32.1 Å². The maximum absolute atomic E-state index is 13.0. The van der Waals surface area contributed by atoms with Crippen LogP contribution in [0.3, 0.4) is 0 Å². The maximum Gasteiger partial charge on any atom is 0.272 e. The first-order valence-corrected chi connectivity index (χ1v) is 9.56. The summed E-state index contributed by atoms with van der Waals surface area (Å²) in [6.07, 6.45) is 7.63. The van der Waals surface area contributed by atoms with E-state index >= 15 is 0 Å². The number of carbonyl (C=O) groups excluding carboxylic acids is 1. The Bertz CT molecular complexity index is 706. The fourth-order valence-electron chi connectivity index (χ4n) is 3.60. The number of carbonyl (C=O) groups is 1. The van der Waals surface area contributed by atoms with Gasteiger partial charge in [0.05, 0.1) is 5.69 Å². The molecule has 1 fully saturated rings. The summed E-state index contributed by atoms with van der Waals surface area (Å²) in [6.45, 7) is 3.17. The lowest BCUT2D eigenvalue weighted by molar-refractivity contribution is 0.0723. The first kappa shape index (κ1) is 18.0. The van der Waals surface area contributed by atoms with Crippen LogP contribution in [0.15, 0.2) is 30.3 Å². The van der Waals surface area contributed by atoms with E-state index in [1.807, 2.05) is 42.2 Å². The van der Waals surface area contributed by atoms with Gasteiger partial charge in [0.2, 0.25) is 0 Å². The van der Waals surface area contributed by atoms with Crippen molar-refractivity contribution >= 4 is 17.5 Å². The molecule has 134 valence electrons. The molecule has 1 N–H and O–H groups in total. The van der Waals surface area contributed by atoms with Crippen molar-refractivity contribution < 1.29 is 4.79 Å². The predicted molar refractivity (Wildman–Crippen MR) is 101 cm³/mol. The van der Waals surface area contributed by atoms with Crippen LogP contribution in [0.25, 0.3) is 0 Å². The van der Waals surface area contributed by atoms with E-state index in [0.29, 0.717) is 17.3 Å². The van der Waals surface area contributed by atoms with Crippen LogP contribution >= 0.6 is 11.6 Å². The smallest absolute Gasteiger partial charge is 0.272 e. The minimum atomic E-state index is -0.00340. The number of aromatic amines is 1. The Morgan fingerprint density at radius 3 is 2.72 bits per heavy atom. The topological polar surface area (TPSA) is 49.0 Å². The Morgan fingerprint density at radius 2 is 2.04 bits per heavy atom. The van der Waals surface area contributed by atoms with Crippen LogP contribution in [0.4, 0.5) is 0 Å². The molecule has 2 aromatic rings. The fourth-order valence-corrected chi connectivity index (χ4v) is 3.80. The van der Waals surface area contributed by atoms with Gasteiger partial charge < -0.3 is 4.90 Å². The largest absolute Gasteiger partial charge is 0.333 e. The normalized spacial score (nSPS) is 15.3. The number of benzene rings is 1. The van der Waals surface area contributed by atoms with Gasteiger partial charge in [-0.3, -0.25) is 9.89 Å². The van der Waals surface area contributed by atoms with Crippen LogP contribution in [-0.2, 0) is 6.54 Å². The second-order valence-corrected chi connectivity index (χ2v) is 7.44. The number of amides is 1. The molecular weight excluding hydrogens is 334 g/mol. The third-order valence-electron chi connectivity index (χ3n) is 5.07. The van der Waals surface area contributed by atoms with Crippen molar-refractivity contribution in [1.29, 1.82) is 0 Å². The molecule has 1 aliphatic carbocycles. The Balaban J connectivity index is 1.72. The Labute approximate surface area is 154 Å². The van der Waals surface area contributed by atoms with Crippen LogP contribution < -0.4 is 0 Å². The van der Waals surface area contributed by atoms with Crippen LogP contribution in [0.2, 0.25) is 5.02 Å². The van der Waals surface area contributed by atoms with E-state index in [0.717, 1.165) is 30.1 Å². The zero-order valence-corrected chi connectivity index (χ0v) is 15.6. The van der Waals surface area contributed by atoms with E-state index in [9.17, 15) is 4.79 Å². The average Bonchev–Trinajstić information content (AvgIpc) is 3.07. The first-order valence-electron chi connectivity index (χ1n) is 9.18. The second kappa shape index (κ2) is 8.52. The van der Waals surface area contributed by atoms with Gasteiger partial charge in [-0.2, -0.15) is 5.10 Å². The van der Waals surface area contributed by atoms with Gasteiger partial charge >= 0.3 is 0 Å². The van der Waals surface area contributed by atoms with E-state index in [1.54, 1.807) is 0 Å². The van der Waals surface area contributed by atoms with Gasteiger partial charge in [0.1, 0.15) is 5.69 Å². The number of aromatic nitrogens is 2. The van der Waals surface area contributed by atoms with Crippen molar-refractivity contribution in [2.45, 2.75) is 52.0 Å². The van der Waals surface area contributed by atoms with Crippen molar-refractivity contribution in [2.75, 3.05) is 6.54 Å². The van der Waals surface area contributed by atoms with Gasteiger partial charge in [-0.05, 0) is 37.0 Å². The van der Waals surface area contributed by atoms with E-state index < -0.39 is 0 Å². The number of hydrogen-bond acceptors (Lipinski definition) is 2. The standard InChI is InChI=1S/C20H26ClN3O/c1-15-13-19(23-22-15)20(25)24(12-11-16-7-3-2-4-8-16)14-17-9-5-6-10-18(17)21/h5-6,9-10,13,16H,2-4,7-8,11-12,14H2,1H3,(H,22,23). The molecule has 5 heteroatoms. The molecule has 0 saturated heterocycles. The molecule has 1 saturated carbocycles. The summed E-state index contributed by atoms with van der Waals surface area (Å²) in [4.78, 5) is 14.9. The van der Waals surface area contributed by atoms with E-state index in [-0.39, 0.29) is 5.91 Å². The molecule has 1 aliphatic rings. The Kier molecular flexibility index (Phi) is 6.14. The third kappa shape index (κ3) is 4.85. The number of halogens is 1. The highest BCUT2D eigenvalue weighted by atomic mass is 35.5. The van der Waals surface area contributed by atoms with Crippen molar-refractivity contribution in [1.82, 2.24) is 15.1 Å². The average molecular weight is 360 g/mol. The highest BCUT2D eigenvalue weighted by Gasteiger charge is 2.21. The summed E-state index contributed by atoms with van der Waals surface area (Å²) in [6, 6.07) is 9.55. The third-order valence-corrected chi connectivity index (χ3v) is 5.44. The predicted octanol–water partition coefficient (Wildman–Crippen LogP) is 4.98. The van der Waals surface area contributed by atoms with E-state index in [2.05, 4.69) is 10.2 Å². The zero-order valence-electron chi connectivity index (χ0n) is 14.8. The summed E-state index contributed by atoms with van der Waals surface area (Å²) in [5, 5.41) is 7.65. The van der Waals surface area contributed by atoms with Gasteiger partial charge in [-0.15, -0.1) is 0 Å². The van der Waals surface area contributed by atoms with Crippen molar-refractivity contribution in [3.05, 3.63) is 52.3 Å². The minimum absolute atomic E-state index is 0.00340. The molecular formula is C20H26ClN3O. The van der Waals surface area contributed by atoms with Crippen molar-refractivity contribution in [3.8, 4) is 0 Å². The highest BCUT2D eigenvalue weighted by Crippen LogP contribution is 2.27. The minimum Gasteiger partial charge on any atom is -0.333 e. The lowest BCUT2D eigenvalue weighted by atomic mass is 9.87. The number of rotatable bonds is 6. The second-order valence-electron chi connectivity index (χ2n) is 7.03. The summed E-state index contributed by atoms with van der Waals surface area (Å²) in [5.74, 6) is 0.732. The van der Waals surface area contributed by atoms with Crippen molar-refractivity contribution in [2.24, 2.45) is 5.92 Å². The summed E-state index contributed by atoms with van der Waals surface area (Å²) >= 11 is 6.31. The van der Waals surface area contributed by atoms with Gasteiger partial charge in [-0.25, -0.2) is 0 Å². The molecule has 0 aliphatic heterocycles. The first-order chi connectivity index (χ1) is 12.1. The Hall–Kier alpha value is -1.81. The molecule has 1 amide bonds. The maximum atomic E-state index is 13.0. The number of hydrogen-bond donors (Lipinski definition) is 1. The van der Waals surface area contributed by atoms with Gasteiger partial charge in [0, 0.05) is 18.1 Å². The van der Waals surface area contributed by atoms with Crippen LogP contribution in [0.1, 0.15) is 60.3 Å². The van der Waals surface area contributed by atoms with Gasteiger partial charge in [0.25, 0.3) is 5.91 Å². The van der Waals surface area contributed by atoms with Crippen molar-refractivity contribution in [3.63, 3.8) is 0 Å². The lowest BCUT2D eigenvalue weighted by Crippen LogP contribution is -2.33. The van der Waals surface area contributed by atoms with Gasteiger partial charge in [0.15, 0.2) is 0 Å². The molecule has 0 radical (unpaired) electrons. The number of aryl methyl sites for hydroxylation is 1. The molecule has 1 aromatic heterocycles. The van der Waals surface area contributed by atoms with Crippen LogP contribution in [0.5, 0.6) is 0 Å². The fraction of sp³-hybridized carbons (Fsp3) is 0.500. The summed E-state index contributed by atoms with van der Waals surface area (Å²) in [7, 11) is 0. The molecule has 1 heterocycles. The highest BCUT2D eigenvalue weighted by molar-refractivity contribution is 6.31. The lowest BCUT2D eigenvalue weighted by Gasteiger charge is -2.27. The number of H-pyrrole nitrogens is 1. The molecule has 0 unspecified atom stereocenters. The number of nitrogens with zero attached hydrogens (tertiary/aromatic N) is 2. The van der Waals surface area contributed by atoms with E-state index in [4.69, 9.17) is 11.6 Å². The SMILES string of the molecule is Cc1cc(C(=O)N(CCC2CCCCC2)Cc2ccccc2Cl)[nH]n1. The molecule has 25 heavy (non-hydrogen) atoms. The molecule has 1 aromatic carbocycles. The van der Waals surface area contributed by atoms with Crippen LogP contribution in [0, 0.1) is 12.8 Å². The Morgan fingerprint density at radius 1 is 1.28 bits per heavy atom. The molecule has 3 rings (SSSR count). The molecule has 0 spiro atoms.